The van der Waals surface area contributed by atoms with Crippen molar-refractivity contribution in [2.75, 3.05) is 18.9 Å². The zero-order valence-corrected chi connectivity index (χ0v) is 14.4. The Morgan fingerprint density at radius 2 is 1.96 bits per heavy atom. The van der Waals surface area contributed by atoms with Crippen LogP contribution in [0.25, 0.3) is 0 Å². The van der Waals surface area contributed by atoms with Crippen LogP contribution in [0.15, 0.2) is 70.1 Å². The van der Waals surface area contributed by atoms with Gasteiger partial charge in [-0.15, -0.1) is 5.10 Å². The largest absolute Gasteiger partial charge is 0.487 e. The molecule has 0 aromatic heterocycles. The van der Waals surface area contributed by atoms with E-state index < -0.39 is 0 Å². The summed E-state index contributed by atoms with van der Waals surface area (Å²) in [6.45, 7) is 1.13. The van der Waals surface area contributed by atoms with E-state index in [4.69, 9.17) is 10.5 Å². The van der Waals surface area contributed by atoms with Gasteiger partial charge in [-0.05, 0) is 35.3 Å². The van der Waals surface area contributed by atoms with Crippen molar-refractivity contribution in [2.45, 2.75) is 24.2 Å². The molecule has 0 amide bonds. The summed E-state index contributed by atoms with van der Waals surface area (Å²) in [6.07, 6.45) is 6.42. The van der Waals surface area contributed by atoms with Crippen LogP contribution in [-0.4, -0.2) is 18.9 Å². The molecule has 0 saturated heterocycles. The Labute approximate surface area is 152 Å². The predicted molar refractivity (Wildman–Crippen MR) is 102 cm³/mol. The number of benzene rings is 2. The number of ether oxygens (including phenoxy) is 1. The molecule has 5 rings (SSSR count). The summed E-state index contributed by atoms with van der Waals surface area (Å²) in [5.41, 5.74) is 11.7. The van der Waals surface area contributed by atoms with Crippen LogP contribution in [0.3, 0.4) is 0 Å². The van der Waals surface area contributed by atoms with Crippen LogP contribution in [0.5, 0.6) is 5.75 Å². The molecule has 26 heavy (non-hydrogen) atoms. The van der Waals surface area contributed by atoms with Gasteiger partial charge in [0, 0.05) is 16.9 Å². The van der Waals surface area contributed by atoms with Gasteiger partial charge in [-0.1, -0.05) is 48.6 Å². The van der Waals surface area contributed by atoms with E-state index in [-0.39, 0.29) is 11.3 Å². The molecule has 130 valence electrons. The summed E-state index contributed by atoms with van der Waals surface area (Å²) < 4.78 is 5.97. The van der Waals surface area contributed by atoms with Crippen LogP contribution in [0, 0.1) is 0 Å². The van der Waals surface area contributed by atoms with Gasteiger partial charge in [0.15, 0.2) is 0 Å². The molecule has 2 aromatic carbocycles. The van der Waals surface area contributed by atoms with E-state index >= 15 is 0 Å². The van der Waals surface area contributed by atoms with Crippen LogP contribution >= 0.6 is 0 Å². The first-order valence-corrected chi connectivity index (χ1v) is 9.00. The highest BCUT2D eigenvalue weighted by molar-refractivity contribution is 6.00. The third kappa shape index (κ3) is 2.35. The molecule has 0 bridgehead atoms. The quantitative estimate of drug-likeness (QED) is 0.669. The van der Waals surface area contributed by atoms with Gasteiger partial charge in [-0.3, -0.25) is 0 Å². The third-order valence-corrected chi connectivity index (χ3v) is 5.60. The molecule has 5 heteroatoms. The summed E-state index contributed by atoms with van der Waals surface area (Å²) in [5.74, 6) is 0.929. The van der Waals surface area contributed by atoms with Crippen molar-refractivity contribution in [3.05, 3.63) is 71.3 Å². The molecule has 1 aliphatic carbocycles. The number of allylic oxidation sites excluding steroid dienone is 1. The van der Waals surface area contributed by atoms with Crippen LogP contribution < -0.4 is 10.5 Å². The van der Waals surface area contributed by atoms with E-state index in [9.17, 15) is 0 Å². The number of nitrogens with zero attached hydrogens (tertiary/aromatic N) is 3. The third-order valence-electron chi connectivity index (χ3n) is 5.60. The minimum Gasteiger partial charge on any atom is -0.487 e. The predicted octanol–water partition coefficient (Wildman–Crippen LogP) is 4.20. The maximum Gasteiger partial charge on any atom is 0.146 e. The standard InChI is InChI=1S/C21H20N4O/c22-18-12-15(21(8-9-21)19-13-23-25-24-19)11-17-16(7-4-10-26-20(17)18)14-5-2-1-3-6-14/h1-7,11-12,16H,8-10,13,22H2. The van der Waals surface area contributed by atoms with Gasteiger partial charge in [-0.2, -0.15) is 5.11 Å². The smallest absolute Gasteiger partial charge is 0.146 e. The summed E-state index contributed by atoms with van der Waals surface area (Å²) in [5, 5.41) is 12.1. The Morgan fingerprint density at radius 1 is 1.12 bits per heavy atom. The lowest BCUT2D eigenvalue weighted by Crippen LogP contribution is -2.22. The Morgan fingerprint density at radius 3 is 2.69 bits per heavy atom. The van der Waals surface area contributed by atoms with Crippen molar-refractivity contribution in [1.29, 1.82) is 0 Å². The Balaban J connectivity index is 1.65. The van der Waals surface area contributed by atoms with Gasteiger partial charge in [-0.25, -0.2) is 0 Å². The fourth-order valence-corrected chi connectivity index (χ4v) is 4.06. The fraction of sp³-hybridized carbons (Fsp3) is 0.286. The maximum absolute atomic E-state index is 6.44. The summed E-state index contributed by atoms with van der Waals surface area (Å²) in [4.78, 5) is 0. The number of nitrogen functional groups attached to an aromatic ring is 1. The van der Waals surface area contributed by atoms with E-state index in [1.165, 1.54) is 11.1 Å². The first-order chi connectivity index (χ1) is 12.8. The van der Waals surface area contributed by atoms with Crippen molar-refractivity contribution < 1.29 is 4.74 Å². The minimum atomic E-state index is -0.0517. The van der Waals surface area contributed by atoms with Crippen molar-refractivity contribution >= 4 is 11.4 Å². The second-order valence-corrected chi connectivity index (χ2v) is 7.13. The van der Waals surface area contributed by atoms with Crippen LogP contribution in [0.2, 0.25) is 0 Å². The summed E-state index contributed by atoms with van der Waals surface area (Å²) >= 11 is 0. The van der Waals surface area contributed by atoms with Crippen molar-refractivity contribution in [3.8, 4) is 5.75 Å². The molecular formula is C21H20N4O. The zero-order valence-electron chi connectivity index (χ0n) is 14.4. The van der Waals surface area contributed by atoms with E-state index in [2.05, 4.69) is 64.0 Å². The average Bonchev–Trinajstić information content (AvgIpc) is 3.36. The highest BCUT2D eigenvalue weighted by Gasteiger charge is 2.50. The first kappa shape index (κ1) is 15.3. The molecule has 1 atom stereocenters. The van der Waals surface area contributed by atoms with Crippen molar-refractivity contribution in [2.24, 2.45) is 15.4 Å². The lowest BCUT2D eigenvalue weighted by molar-refractivity contribution is 0.364. The normalized spacial score (nSPS) is 22.3. The maximum atomic E-state index is 6.44. The SMILES string of the molecule is Nc1cc(C2(C3=NN=NC3)CC2)cc2c1OCC=CC2c1ccccc1. The second-order valence-electron chi connectivity index (χ2n) is 7.13. The van der Waals surface area contributed by atoms with Gasteiger partial charge in [0.2, 0.25) is 0 Å². The van der Waals surface area contributed by atoms with Crippen LogP contribution in [0.1, 0.15) is 35.4 Å². The topological polar surface area (TPSA) is 72.3 Å². The molecule has 2 heterocycles. The number of fused-ring (bicyclic) bond motifs is 1. The number of anilines is 1. The second kappa shape index (κ2) is 5.80. The average molecular weight is 344 g/mol. The Bertz CT molecular complexity index is 942. The number of hydrogen-bond donors (Lipinski definition) is 1. The van der Waals surface area contributed by atoms with Crippen LogP contribution in [-0.2, 0) is 5.41 Å². The summed E-state index contributed by atoms with van der Waals surface area (Å²) in [7, 11) is 0. The molecular weight excluding hydrogens is 324 g/mol. The van der Waals surface area contributed by atoms with Gasteiger partial charge in [0.1, 0.15) is 18.9 Å². The minimum absolute atomic E-state index is 0.0517. The Kier molecular flexibility index (Phi) is 3.42. The molecule has 5 nitrogen and oxygen atoms in total. The first-order valence-electron chi connectivity index (χ1n) is 9.00. The molecule has 2 aromatic rings. The molecule has 2 N–H and O–H groups in total. The van der Waals surface area contributed by atoms with Crippen LogP contribution in [0.4, 0.5) is 5.69 Å². The van der Waals surface area contributed by atoms with Gasteiger partial charge in [0.05, 0.1) is 11.4 Å². The van der Waals surface area contributed by atoms with Gasteiger partial charge in [0.25, 0.3) is 0 Å². The van der Waals surface area contributed by atoms with E-state index in [0.29, 0.717) is 18.8 Å². The zero-order chi connectivity index (χ0) is 17.6. The Hall–Kier alpha value is -2.95. The van der Waals surface area contributed by atoms with E-state index in [1.54, 1.807) is 0 Å². The molecule has 1 unspecified atom stereocenters. The molecule has 2 aliphatic heterocycles. The van der Waals surface area contributed by atoms with Gasteiger partial charge >= 0.3 is 0 Å². The van der Waals surface area contributed by atoms with E-state index in [0.717, 1.165) is 29.9 Å². The fourth-order valence-electron chi connectivity index (χ4n) is 4.06. The monoisotopic (exact) mass is 344 g/mol. The number of hydrogen-bond acceptors (Lipinski definition) is 5. The molecule has 3 aliphatic rings. The molecule has 1 fully saturated rings. The highest BCUT2D eigenvalue weighted by atomic mass is 16.5. The lowest BCUT2D eigenvalue weighted by Gasteiger charge is -2.22. The number of nitrogens with two attached hydrogens (primary N) is 1. The molecule has 0 spiro atoms. The molecule has 0 radical (unpaired) electrons. The van der Waals surface area contributed by atoms with Gasteiger partial charge < -0.3 is 10.5 Å². The van der Waals surface area contributed by atoms with Crippen molar-refractivity contribution in [1.82, 2.24) is 0 Å². The lowest BCUT2D eigenvalue weighted by atomic mass is 9.84. The van der Waals surface area contributed by atoms with E-state index in [1.807, 2.05) is 6.07 Å². The summed E-state index contributed by atoms with van der Waals surface area (Å²) in [6, 6.07) is 14.8. The highest BCUT2D eigenvalue weighted by Crippen LogP contribution is 2.53. The number of rotatable bonds is 3. The molecule has 1 saturated carbocycles. The van der Waals surface area contributed by atoms with Crippen molar-refractivity contribution in [3.63, 3.8) is 0 Å².